The van der Waals surface area contributed by atoms with E-state index in [2.05, 4.69) is 6.58 Å². The fourth-order valence-corrected chi connectivity index (χ4v) is 3.96. The largest absolute Gasteiger partial charge is 0.507 e. The summed E-state index contributed by atoms with van der Waals surface area (Å²) in [7, 11) is 0. The molecule has 1 saturated heterocycles. The van der Waals surface area contributed by atoms with E-state index in [0.717, 1.165) is 12.8 Å². The molecule has 0 aliphatic carbocycles. The Morgan fingerprint density at radius 2 is 1.97 bits per heavy atom. The number of nitrogens with zero attached hydrogens (tertiary/aromatic N) is 1. The Bertz CT molecular complexity index is 1080. The van der Waals surface area contributed by atoms with Gasteiger partial charge in [-0.3, -0.25) is 9.59 Å². The van der Waals surface area contributed by atoms with Crippen molar-refractivity contribution in [3.05, 3.63) is 76.8 Å². The molecule has 1 fully saturated rings. The first-order valence-corrected chi connectivity index (χ1v) is 11.3. The Balaban J connectivity index is 2.15. The normalized spacial score (nSPS) is 17.3. The highest BCUT2D eigenvalue weighted by molar-refractivity contribution is 6.46. The fourth-order valence-electron chi connectivity index (χ4n) is 3.79. The Kier molecular flexibility index (Phi) is 8.17. The highest BCUT2D eigenvalue weighted by atomic mass is 35.5. The molecule has 1 aliphatic heterocycles. The summed E-state index contributed by atoms with van der Waals surface area (Å²) in [6.07, 6.45) is 3.22. The van der Waals surface area contributed by atoms with Gasteiger partial charge in [0.25, 0.3) is 11.7 Å². The van der Waals surface area contributed by atoms with Crippen molar-refractivity contribution in [1.29, 1.82) is 0 Å². The molecule has 3 rings (SSSR count). The number of unbranched alkanes of at least 4 members (excludes halogenated alkanes) is 1. The van der Waals surface area contributed by atoms with Crippen molar-refractivity contribution in [1.82, 2.24) is 4.90 Å². The van der Waals surface area contributed by atoms with Crippen molar-refractivity contribution in [2.75, 3.05) is 19.8 Å². The molecule has 1 heterocycles. The van der Waals surface area contributed by atoms with Crippen LogP contribution in [0.5, 0.6) is 11.5 Å². The second-order valence-corrected chi connectivity index (χ2v) is 8.00. The zero-order valence-corrected chi connectivity index (χ0v) is 19.6. The molecule has 1 atom stereocenters. The van der Waals surface area contributed by atoms with E-state index < -0.39 is 17.7 Å². The van der Waals surface area contributed by atoms with Crippen LogP contribution in [0.1, 0.15) is 43.9 Å². The van der Waals surface area contributed by atoms with Crippen LogP contribution in [-0.2, 0) is 9.59 Å². The summed E-state index contributed by atoms with van der Waals surface area (Å²) in [5, 5.41) is 11.6. The third-order valence-corrected chi connectivity index (χ3v) is 5.65. The second-order valence-electron chi connectivity index (χ2n) is 7.60. The maximum atomic E-state index is 13.1. The molecular weight excluding hydrogens is 442 g/mol. The van der Waals surface area contributed by atoms with Gasteiger partial charge in [0.1, 0.15) is 23.9 Å². The third kappa shape index (κ3) is 5.22. The van der Waals surface area contributed by atoms with Crippen LogP contribution >= 0.6 is 11.6 Å². The van der Waals surface area contributed by atoms with Gasteiger partial charge in [0.05, 0.1) is 23.2 Å². The van der Waals surface area contributed by atoms with Gasteiger partial charge in [-0.2, -0.15) is 0 Å². The average Bonchev–Trinajstić information content (AvgIpc) is 3.07. The van der Waals surface area contributed by atoms with E-state index in [4.69, 9.17) is 21.1 Å². The lowest BCUT2D eigenvalue weighted by atomic mass is 9.95. The summed E-state index contributed by atoms with van der Waals surface area (Å²) < 4.78 is 11.2. The number of hydrogen-bond acceptors (Lipinski definition) is 5. The van der Waals surface area contributed by atoms with E-state index in [9.17, 15) is 14.7 Å². The summed E-state index contributed by atoms with van der Waals surface area (Å²) in [5.41, 5.74) is 1.05. The molecule has 33 heavy (non-hydrogen) atoms. The van der Waals surface area contributed by atoms with E-state index in [-0.39, 0.29) is 11.3 Å². The number of rotatable bonds is 10. The van der Waals surface area contributed by atoms with Crippen molar-refractivity contribution in [3.8, 4) is 11.5 Å². The number of likely N-dealkylation sites (tertiary alicyclic amines) is 1. The molecule has 2 aromatic rings. The topological polar surface area (TPSA) is 76.1 Å². The maximum Gasteiger partial charge on any atom is 0.295 e. The Morgan fingerprint density at radius 3 is 2.67 bits per heavy atom. The molecule has 1 amide bonds. The van der Waals surface area contributed by atoms with Crippen LogP contribution in [0.15, 0.2) is 60.7 Å². The number of ketones is 1. The first-order valence-electron chi connectivity index (χ1n) is 11.0. The van der Waals surface area contributed by atoms with E-state index in [1.807, 2.05) is 19.9 Å². The first-order chi connectivity index (χ1) is 15.9. The van der Waals surface area contributed by atoms with Crippen molar-refractivity contribution in [2.24, 2.45) is 0 Å². The summed E-state index contributed by atoms with van der Waals surface area (Å²) in [4.78, 5) is 27.6. The van der Waals surface area contributed by atoms with E-state index in [0.29, 0.717) is 47.4 Å². The number of aliphatic hydroxyl groups is 1. The molecule has 1 aliphatic rings. The monoisotopic (exact) mass is 469 g/mol. The lowest BCUT2D eigenvalue weighted by molar-refractivity contribution is -0.139. The number of halogens is 1. The van der Waals surface area contributed by atoms with Gasteiger partial charge in [0, 0.05) is 12.1 Å². The summed E-state index contributed by atoms with van der Waals surface area (Å²) >= 11 is 6.18. The highest BCUT2D eigenvalue weighted by Crippen LogP contribution is 2.41. The van der Waals surface area contributed by atoms with Crippen molar-refractivity contribution < 1.29 is 24.2 Å². The van der Waals surface area contributed by atoms with Crippen LogP contribution < -0.4 is 9.47 Å². The minimum Gasteiger partial charge on any atom is -0.507 e. The predicted octanol–water partition coefficient (Wildman–Crippen LogP) is 5.53. The number of Topliss-reactive ketones (excluding diaryl/α,β-unsaturated/α-hetero) is 1. The number of carbonyl (C=O) groups is 2. The Labute approximate surface area is 199 Å². The van der Waals surface area contributed by atoms with Gasteiger partial charge in [0.15, 0.2) is 0 Å². The number of aliphatic hydroxyl groups excluding tert-OH is 1. The van der Waals surface area contributed by atoms with Gasteiger partial charge in [0.2, 0.25) is 0 Å². The summed E-state index contributed by atoms with van der Waals surface area (Å²) in [6.45, 7) is 8.60. The Morgan fingerprint density at radius 1 is 1.18 bits per heavy atom. The highest BCUT2D eigenvalue weighted by Gasteiger charge is 2.45. The first kappa shape index (κ1) is 24.4. The van der Waals surface area contributed by atoms with Crippen LogP contribution in [0.4, 0.5) is 0 Å². The molecule has 6 nitrogen and oxygen atoms in total. The molecule has 2 aromatic carbocycles. The lowest BCUT2D eigenvalue weighted by Crippen LogP contribution is -2.30. The van der Waals surface area contributed by atoms with E-state index in [1.54, 1.807) is 42.5 Å². The van der Waals surface area contributed by atoms with E-state index >= 15 is 0 Å². The zero-order valence-electron chi connectivity index (χ0n) is 18.8. The van der Waals surface area contributed by atoms with Gasteiger partial charge < -0.3 is 19.5 Å². The van der Waals surface area contributed by atoms with Crippen LogP contribution in [0.25, 0.3) is 5.76 Å². The molecule has 0 saturated carbocycles. The van der Waals surface area contributed by atoms with Crippen molar-refractivity contribution in [2.45, 2.75) is 32.7 Å². The smallest absolute Gasteiger partial charge is 0.295 e. The summed E-state index contributed by atoms with van der Waals surface area (Å²) in [5.74, 6) is -0.656. The number of amides is 1. The molecule has 0 aromatic heterocycles. The van der Waals surface area contributed by atoms with Crippen LogP contribution in [-0.4, -0.2) is 41.5 Å². The number of benzene rings is 2. The fraction of sp³-hybridized carbons (Fsp3) is 0.308. The number of ether oxygens (including phenoxy) is 2. The van der Waals surface area contributed by atoms with Crippen LogP contribution in [0.2, 0.25) is 5.02 Å². The average molecular weight is 470 g/mol. The molecule has 1 unspecified atom stereocenters. The maximum absolute atomic E-state index is 13.1. The zero-order chi connectivity index (χ0) is 24.0. The lowest BCUT2D eigenvalue weighted by Gasteiger charge is -2.25. The van der Waals surface area contributed by atoms with Crippen molar-refractivity contribution >= 4 is 29.1 Å². The molecule has 0 bridgehead atoms. The summed E-state index contributed by atoms with van der Waals surface area (Å²) in [6, 6.07) is 11.2. The minimum atomic E-state index is -0.741. The van der Waals surface area contributed by atoms with Crippen LogP contribution in [0.3, 0.4) is 0 Å². The molecule has 0 radical (unpaired) electrons. The molecule has 7 heteroatoms. The minimum absolute atomic E-state index is 0.0294. The van der Waals surface area contributed by atoms with Crippen molar-refractivity contribution in [3.63, 3.8) is 0 Å². The van der Waals surface area contributed by atoms with Gasteiger partial charge >= 0.3 is 0 Å². The SMILES string of the molecule is C=CCOc1cccc(C2/C(=C(/O)c3ccc(Cl)c(OCC)c3)C(=O)C(=O)N2CCCC)c1. The van der Waals surface area contributed by atoms with E-state index in [1.165, 1.54) is 4.90 Å². The second kappa shape index (κ2) is 11.1. The molecule has 0 spiro atoms. The van der Waals surface area contributed by atoms with Crippen LogP contribution in [0, 0.1) is 0 Å². The number of hydrogen-bond donors (Lipinski definition) is 1. The van der Waals surface area contributed by atoms with Gasteiger partial charge in [-0.15, -0.1) is 0 Å². The van der Waals surface area contributed by atoms with Gasteiger partial charge in [-0.25, -0.2) is 0 Å². The quantitative estimate of drug-likeness (QED) is 0.214. The van der Waals surface area contributed by atoms with Gasteiger partial charge in [-0.1, -0.05) is 49.7 Å². The third-order valence-electron chi connectivity index (χ3n) is 5.34. The predicted molar refractivity (Wildman–Crippen MR) is 129 cm³/mol. The standard InChI is InChI=1S/C26H28ClNO5/c1-4-7-13-28-23(17-9-8-10-19(15-17)33-14-5-2)22(25(30)26(28)31)24(29)18-11-12-20(27)21(16-18)32-6-3/h5,8-12,15-16,23,29H,2,4,6-7,13-14H2,1,3H3/b24-22-. The molecule has 174 valence electrons. The van der Waals surface area contributed by atoms with Gasteiger partial charge in [-0.05, 0) is 49.2 Å². The molecule has 1 N–H and O–H groups in total. The number of carbonyl (C=O) groups excluding carboxylic acids is 2. The molecular formula is C26H28ClNO5. The Hall–Kier alpha value is -3.25.